The summed E-state index contributed by atoms with van der Waals surface area (Å²) in [5.74, 6) is 1.58. The zero-order chi connectivity index (χ0) is 11.4. The Morgan fingerprint density at radius 2 is 2.06 bits per heavy atom. The lowest BCUT2D eigenvalue weighted by atomic mass is 9.80. The first-order chi connectivity index (χ1) is 7.81. The van der Waals surface area contributed by atoms with E-state index in [-0.39, 0.29) is 0 Å². The second-order valence-corrected chi connectivity index (χ2v) is 5.03. The molecule has 0 radical (unpaired) electrons. The third-order valence-corrected chi connectivity index (χ3v) is 3.85. The highest BCUT2D eigenvalue weighted by molar-refractivity contribution is 5.25. The summed E-state index contributed by atoms with van der Waals surface area (Å²) in [7, 11) is 0. The van der Waals surface area contributed by atoms with Crippen molar-refractivity contribution in [1.82, 2.24) is 5.32 Å². The van der Waals surface area contributed by atoms with Gasteiger partial charge < -0.3 is 5.32 Å². The molecule has 1 heterocycles. The predicted molar refractivity (Wildman–Crippen MR) is 69.8 cm³/mol. The van der Waals surface area contributed by atoms with Gasteiger partial charge in [0.2, 0.25) is 0 Å². The van der Waals surface area contributed by atoms with Gasteiger partial charge in [0.25, 0.3) is 0 Å². The third kappa shape index (κ3) is 2.65. The molecule has 0 saturated carbocycles. The molecule has 2 unspecified atom stereocenters. The van der Waals surface area contributed by atoms with Crippen molar-refractivity contribution in [2.75, 3.05) is 13.1 Å². The maximum atomic E-state index is 3.53. The van der Waals surface area contributed by atoms with Crippen LogP contribution in [0.3, 0.4) is 0 Å². The van der Waals surface area contributed by atoms with Crippen molar-refractivity contribution in [3.63, 3.8) is 0 Å². The highest BCUT2D eigenvalue weighted by Gasteiger charge is 2.23. The number of rotatable bonds is 3. The van der Waals surface area contributed by atoms with Gasteiger partial charge in [-0.3, -0.25) is 0 Å². The van der Waals surface area contributed by atoms with Gasteiger partial charge in [0, 0.05) is 0 Å². The minimum Gasteiger partial charge on any atom is -0.316 e. The van der Waals surface area contributed by atoms with E-state index in [1.807, 2.05) is 0 Å². The molecule has 1 aliphatic rings. The van der Waals surface area contributed by atoms with Crippen LogP contribution in [0.25, 0.3) is 0 Å². The molecule has 0 aromatic heterocycles. The van der Waals surface area contributed by atoms with Crippen molar-refractivity contribution in [2.24, 2.45) is 5.92 Å². The summed E-state index contributed by atoms with van der Waals surface area (Å²) in [4.78, 5) is 0. The van der Waals surface area contributed by atoms with E-state index in [1.165, 1.54) is 43.5 Å². The van der Waals surface area contributed by atoms with Crippen molar-refractivity contribution in [2.45, 2.75) is 39.0 Å². The molecular formula is C15H23N. The van der Waals surface area contributed by atoms with E-state index in [1.54, 1.807) is 0 Å². The SMILES string of the molecule is CCC(c1ccc(C)cc1)C1CCCNC1. The average Bonchev–Trinajstić information content (AvgIpc) is 2.34. The molecule has 1 aliphatic heterocycles. The summed E-state index contributed by atoms with van der Waals surface area (Å²) in [5.41, 5.74) is 2.89. The highest BCUT2D eigenvalue weighted by atomic mass is 14.9. The Morgan fingerprint density at radius 3 is 2.62 bits per heavy atom. The fraction of sp³-hybridized carbons (Fsp3) is 0.600. The molecule has 0 spiro atoms. The summed E-state index contributed by atoms with van der Waals surface area (Å²) in [5, 5.41) is 3.53. The monoisotopic (exact) mass is 217 g/mol. The lowest BCUT2D eigenvalue weighted by Gasteiger charge is -2.30. The molecule has 2 rings (SSSR count). The van der Waals surface area contributed by atoms with Gasteiger partial charge >= 0.3 is 0 Å². The van der Waals surface area contributed by atoms with Crippen LogP contribution >= 0.6 is 0 Å². The van der Waals surface area contributed by atoms with Crippen LogP contribution in [-0.2, 0) is 0 Å². The Hall–Kier alpha value is -0.820. The Balaban J connectivity index is 2.11. The maximum absolute atomic E-state index is 3.53. The summed E-state index contributed by atoms with van der Waals surface area (Å²) >= 11 is 0. The molecule has 1 aromatic rings. The molecule has 16 heavy (non-hydrogen) atoms. The van der Waals surface area contributed by atoms with Crippen LogP contribution in [0.2, 0.25) is 0 Å². The zero-order valence-electron chi connectivity index (χ0n) is 10.5. The van der Waals surface area contributed by atoms with E-state index in [0.29, 0.717) is 0 Å². The van der Waals surface area contributed by atoms with Gasteiger partial charge in [-0.15, -0.1) is 0 Å². The van der Waals surface area contributed by atoms with Gasteiger partial charge in [-0.1, -0.05) is 36.8 Å². The standard InChI is InChI=1S/C15H23N/c1-3-15(14-5-4-10-16-11-14)13-8-6-12(2)7-9-13/h6-9,14-16H,3-5,10-11H2,1-2H3. The van der Waals surface area contributed by atoms with Gasteiger partial charge in [0.15, 0.2) is 0 Å². The first-order valence-electron chi connectivity index (χ1n) is 6.58. The first kappa shape index (κ1) is 11.7. The van der Waals surface area contributed by atoms with E-state index in [9.17, 15) is 0 Å². The number of benzene rings is 1. The molecule has 1 aromatic carbocycles. The van der Waals surface area contributed by atoms with E-state index < -0.39 is 0 Å². The van der Waals surface area contributed by atoms with Gasteiger partial charge in [-0.2, -0.15) is 0 Å². The lowest BCUT2D eigenvalue weighted by Crippen LogP contribution is -2.33. The molecule has 0 amide bonds. The lowest BCUT2D eigenvalue weighted by molar-refractivity contribution is 0.316. The fourth-order valence-electron chi connectivity index (χ4n) is 2.88. The Bertz CT molecular complexity index is 309. The van der Waals surface area contributed by atoms with E-state index in [0.717, 1.165) is 11.8 Å². The van der Waals surface area contributed by atoms with Gasteiger partial charge in [-0.25, -0.2) is 0 Å². The molecule has 0 bridgehead atoms. The van der Waals surface area contributed by atoms with Crippen LogP contribution in [0, 0.1) is 12.8 Å². The molecular weight excluding hydrogens is 194 g/mol. The van der Waals surface area contributed by atoms with Crippen LogP contribution in [0.15, 0.2) is 24.3 Å². The molecule has 88 valence electrons. The predicted octanol–water partition coefficient (Wildman–Crippen LogP) is 3.49. The topological polar surface area (TPSA) is 12.0 Å². The normalized spacial score (nSPS) is 23.0. The van der Waals surface area contributed by atoms with Gasteiger partial charge in [0.1, 0.15) is 0 Å². The Morgan fingerprint density at radius 1 is 1.31 bits per heavy atom. The zero-order valence-corrected chi connectivity index (χ0v) is 10.5. The van der Waals surface area contributed by atoms with Crippen LogP contribution in [0.1, 0.15) is 43.2 Å². The molecule has 1 fully saturated rings. The first-order valence-corrected chi connectivity index (χ1v) is 6.58. The molecule has 1 heteroatoms. The van der Waals surface area contributed by atoms with Crippen molar-refractivity contribution in [3.8, 4) is 0 Å². The second-order valence-electron chi connectivity index (χ2n) is 5.03. The summed E-state index contributed by atoms with van der Waals surface area (Å²) < 4.78 is 0. The van der Waals surface area contributed by atoms with E-state index in [4.69, 9.17) is 0 Å². The van der Waals surface area contributed by atoms with Crippen LogP contribution in [0.5, 0.6) is 0 Å². The van der Waals surface area contributed by atoms with Gasteiger partial charge in [0.05, 0.1) is 0 Å². The number of piperidine rings is 1. The number of hydrogen-bond acceptors (Lipinski definition) is 1. The Labute approximate surface area is 99.3 Å². The van der Waals surface area contributed by atoms with Crippen LogP contribution < -0.4 is 5.32 Å². The second kappa shape index (κ2) is 5.49. The van der Waals surface area contributed by atoms with E-state index >= 15 is 0 Å². The van der Waals surface area contributed by atoms with Crippen LogP contribution in [-0.4, -0.2) is 13.1 Å². The molecule has 1 saturated heterocycles. The molecule has 1 nitrogen and oxygen atoms in total. The van der Waals surface area contributed by atoms with Gasteiger partial charge in [-0.05, 0) is 56.7 Å². The average molecular weight is 217 g/mol. The molecule has 2 atom stereocenters. The smallest absolute Gasteiger partial charge is 0.00147 e. The third-order valence-electron chi connectivity index (χ3n) is 3.85. The minimum absolute atomic E-state index is 0.744. The molecule has 1 N–H and O–H groups in total. The molecule has 0 aliphatic carbocycles. The number of nitrogens with one attached hydrogen (secondary N) is 1. The maximum Gasteiger partial charge on any atom is -0.00147 e. The van der Waals surface area contributed by atoms with Crippen molar-refractivity contribution < 1.29 is 0 Å². The summed E-state index contributed by atoms with van der Waals surface area (Å²) in [6.07, 6.45) is 3.99. The highest BCUT2D eigenvalue weighted by Crippen LogP contribution is 2.32. The summed E-state index contributed by atoms with van der Waals surface area (Å²) in [6, 6.07) is 9.12. The minimum atomic E-state index is 0.744. The Kier molecular flexibility index (Phi) is 4.00. The van der Waals surface area contributed by atoms with Crippen molar-refractivity contribution >= 4 is 0 Å². The quantitative estimate of drug-likeness (QED) is 0.817. The number of hydrogen-bond donors (Lipinski definition) is 1. The largest absolute Gasteiger partial charge is 0.316 e. The number of aryl methyl sites for hydroxylation is 1. The van der Waals surface area contributed by atoms with Crippen molar-refractivity contribution in [3.05, 3.63) is 35.4 Å². The van der Waals surface area contributed by atoms with E-state index in [2.05, 4.69) is 43.4 Å². The summed E-state index contributed by atoms with van der Waals surface area (Å²) in [6.45, 7) is 6.89. The fourth-order valence-corrected chi connectivity index (χ4v) is 2.88. The van der Waals surface area contributed by atoms with Crippen LogP contribution in [0.4, 0.5) is 0 Å². The van der Waals surface area contributed by atoms with Crippen molar-refractivity contribution in [1.29, 1.82) is 0 Å².